The summed E-state index contributed by atoms with van der Waals surface area (Å²) in [6.07, 6.45) is 2.54. The van der Waals surface area contributed by atoms with E-state index in [1.807, 2.05) is 24.3 Å². The quantitative estimate of drug-likeness (QED) is 0.880. The number of piperidine rings is 1. The summed E-state index contributed by atoms with van der Waals surface area (Å²) < 4.78 is 0. The summed E-state index contributed by atoms with van der Waals surface area (Å²) in [6.45, 7) is 2.91. The normalized spacial score (nSPS) is 19.9. The Morgan fingerprint density at radius 3 is 2.67 bits per heavy atom. The summed E-state index contributed by atoms with van der Waals surface area (Å²) in [4.78, 5) is 2.36. The van der Waals surface area contributed by atoms with E-state index in [-0.39, 0.29) is 12.1 Å². The molecule has 4 heteroatoms. The molecule has 3 nitrogen and oxygen atoms in total. The molecule has 2 rings (SSSR count). The lowest BCUT2D eigenvalue weighted by molar-refractivity contribution is 0.0812. The second kappa shape index (κ2) is 6.53. The van der Waals surface area contributed by atoms with Crippen molar-refractivity contribution in [1.82, 2.24) is 4.90 Å². The summed E-state index contributed by atoms with van der Waals surface area (Å²) in [7, 11) is 0. The Hall–Kier alpha value is -0.610. The van der Waals surface area contributed by atoms with Crippen LogP contribution in [-0.4, -0.2) is 35.7 Å². The number of aliphatic hydroxyl groups is 1. The molecule has 100 valence electrons. The van der Waals surface area contributed by atoms with E-state index >= 15 is 0 Å². The second-order valence-electron chi connectivity index (χ2n) is 4.99. The first-order valence-electron chi connectivity index (χ1n) is 6.57. The van der Waals surface area contributed by atoms with E-state index in [0.29, 0.717) is 0 Å². The highest BCUT2D eigenvalue weighted by atomic mass is 35.5. The predicted molar refractivity (Wildman–Crippen MR) is 74.7 cm³/mol. The molecule has 18 heavy (non-hydrogen) atoms. The van der Waals surface area contributed by atoms with Crippen LogP contribution < -0.4 is 5.73 Å². The average molecular weight is 269 g/mol. The molecule has 0 spiro atoms. The zero-order chi connectivity index (χ0) is 13.0. The molecule has 1 fully saturated rings. The van der Waals surface area contributed by atoms with Gasteiger partial charge in [-0.1, -0.05) is 29.8 Å². The summed E-state index contributed by atoms with van der Waals surface area (Å²) in [5, 5.41) is 10.2. The molecule has 1 atom stereocenters. The van der Waals surface area contributed by atoms with Crippen molar-refractivity contribution in [3.8, 4) is 0 Å². The molecule has 0 amide bonds. The molecule has 1 aliphatic rings. The first kappa shape index (κ1) is 13.8. The fraction of sp³-hybridized carbons (Fsp3) is 0.571. The highest BCUT2D eigenvalue weighted by Gasteiger charge is 2.18. The molecule has 0 aliphatic carbocycles. The first-order chi connectivity index (χ1) is 8.66. The van der Waals surface area contributed by atoms with Gasteiger partial charge in [-0.2, -0.15) is 0 Å². The first-order valence-corrected chi connectivity index (χ1v) is 6.95. The molecule has 1 aromatic rings. The van der Waals surface area contributed by atoms with Crippen LogP contribution in [0.3, 0.4) is 0 Å². The molecular weight excluding hydrogens is 248 g/mol. The molecule has 0 radical (unpaired) electrons. The molecule has 1 saturated heterocycles. The molecule has 1 aliphatic heterocycles. The van der Waals surface area contributed by atoms with Crippen molar-refractivity contribution in [2.75, 3.05) is 19.6 Å². The average Bonchev–Trinajstić information content (AvgIpc) is 2.38. The van der Waals surface area contributed by atoms with Gasteiger partial charge in [-0.25, -0.2) is 0 Å². The number of rotatable bonds is 4. The number of hydrogen-bond acceptors (Lipinski definition) is 3. The minimum atomic E-state index is -0.113. The van der Waals surface area contributed by atoms with Gasteiger partial charge in [-0.3, -0.25) is 0 Å². The highest BCUT2D eigenvalue weighted by molar-refractivity contribution is 6.31. The lowest BCUT2D eigenvalue weighted by Crippen LogP contribution is -2.37. The van der Waals surface area contributed by atoms with Crippen LogP contribution in [0.4, 0.5) is 0 Å². The summed E-state index contributed by atoms with van der Waals surface area (Å²) in [5.74, 6) is 0. The van der Waals surface area contributed by atoms with Crippen molar-refractivity contribution in [1.29, 1.82) is 0 Å². The van der Waals surface area contributed by atoms with Crippen molar-refractivity contribution < 1.29 is 5.11 Å². The molecule has 0 saturated carbocycles. The standard InChI is InChI=1S/C14H21ClN2O/c15-13-4-2-1-3-12(13)14(16)7-10-17-8-5-11(18)6-9-17/h1-4,11,14,18H,5-10,16H2. The van der Waals surface area contributed by atoms with Gasteiger partial charge in [0.1, 0.15) is 0 Å². The Labute approximate surface area is 114 Å². The number of halogens is 1. The third-order valence-electron chi connectivity index (χ3n) is 3.62. The number of nitrogens with zero attached hydrogens (tertiary/aromatic N) is 1. The van der Waals surface area contributed by atoms with Gasteiger partial charge in [-0.05, 0) is 37.4 Å². The van der Waals surface area contributed by atoms with E-state index in [1.54, 1.807) is 0 Å². The summed E-state index contributed by atoms with van der Waals surface area (Å²) in [5.41, 5.74) is 7.20. The minimum absolute atomic E-state index is 0.00875. The Kier molecular flexibility index (Phi) is 5.01. The molecule has 0 bridgehead atoms. The van der Waals surface area contributed by atoms with Crippen LogP contribution in [-0.2, 0) is 0 Å². The van der Waals surface area contributed by atoms with E-state index < -0.39 is 0 Å². The Morgan fingerprint density at radius 2 is 2.00 bits per heavy atom. The van der Waals surface area contributed by atoms with Crippen LogP contribution in [0.1, 0.15) is 30.9 Å². The largest absolute Gasteiger partial charge is 0.393 e. The van der Waals surface area contributed by atoms with Gasteiger partial charge in [0, 0.05) is 24.2 Å². The Morgan fingerprint density at radius 1 is 1.33 bits per heavy atom. The number of aliphatic hydroxyl groups excluding tert-OH is 1. The van der Waals surface area contributed by atoms with Crippen LogP contribution in [0.5, 0.6) is 0 Å². The van der Waals surface area contributed by atoms with Crippen molar-refractivity contribution >= 4 is 11.6 Å². The number of benzene rings is 1. The molecule has 3 N–H and O–H groups in total. The monoisotopic (exact) mass is 268 g/mol. The van der Waals surface area contributed by atoms with Crippen LogP contribution in [0.2, 0.25) is 5.02 Å². The van der Waals surface area contributed by atoms with Crippen LogP contribution in [0.15, 0.2) is 24.3 Å². The van der Waals surface area contributed by atoms with E-state index in [0.717, 1.165) is 49.5 Å². The van der Waals surface area contributed by atoms with E-state index in [2.05, 4.69) is 4.90 Å². The highest BCUT2D eigenvalue weighted by Crippen LogP contribution is 2.23. The maximum Gasteiger partial charge on any atom is 0.0564 e. The van der Waals surface area contributed by atoms with Gasteiger partial charge >= 0.3 is 0 Å². The van der Waals surface area contributed by atoms with Crippen LogP contribution >= 0.6 is 11.6 Å². The lowest BCUT2D eigenvalue weighted by atomic mass is 10.0. The predicted octanol–water partition coefficient (Wildman–Crippen LogP) is 2.19. The zero-order valence-electron chi connectivity index (χ0n) is 10.6. The number of nitrogens with two attached hydrogens (primary N) is 1. The van der Waals surface area contributed by atoms with Gasteiger partial charge in [0.25, 0.3) is 0 Å². The SMILES string of the molecule is NC(CCN1CCC(O)CC1)c1ccccc1Cl. The molecule has 1 heterocycles. The van der Waals surface area contributed by atoms with Crippen molar-refractivity contribution in [2.24, 2.45) is 5.73 Å². The van der Waals surface area contributed by atoms with Gasteiger partial charge in [0.2, 0.25) is 0 Å². The summed E-state index contributed by atoms with van der Waals surface area (Å²) >= 11 is 6.13. The van der Waals surface area contributed by atoms with Crippen LogP contribution in [0, 0.1) is 0 Å². The maximum absolute atomic E-state index is 9.45. The smallest absolute Gasteiger partial charge is 0.0564 e. The second-order valence-corrected chi connectivity index (χ2v) is 5.40. The Bertz CT molecular complexity index is 378. The fourth-order valence-corrected chi connectivity index (χ4v) is 2.67. The topological polar surface area (TPSA) is 49.5 Å². The van der Waals surface area contributed by atoms with Gasteiger partial charge in [-0.15, -0.1) is 0 Å². The van der Waals surface area contributed by atoms with Crippen LogP contribution in [0.25, 0.3) is 0 Å². The van der Waals surface area contributed by atoms with Crippen molar-refractivity contribution in [3.05, 3.63) is 34.9 Å². The van der Waals surface area contributed by atoms with Crippen molar-refractivity contribution in [2.45, 2.75) is 31.4 Å². The molecule has 1 unspecified atom stereocenters. The number of likely N-dealkylation sites (tertiary alicyclic amines) is 1. The lowest BCUT2D eigenvalue weighted by Gasteiger charge is -2.30. The molecular formula is C14H21ClN2O. The van der Waals surface area contributed by atoms with E-state index in [4.69, 9.17) is 17.3 Å². The van der Waals surface area contributed by atoms with E-state index in [1.165, 1.54) is 0 Å². The molecule has 1 aromatic carbocycles. The maximum atomic E-state index is 9.45. The Balaban J connectivity index is 1.81. The van der Waals surface area contributed by atoms with Crippen molar-refractivity contribution in [3.63, 3.8) is 0 Å². The minimum Gasteiger partial charge on any atom is -0.393 e. The number of hydrogen-bond donors (Lipinski definition) is 2. The van der Waals surface area contributed by atoms with Gasteiger partial charge in [0.05, 0.1) is 6.10 Å². The third-order valence-corrected chi connectivity index (χ3v) is 3.96. The molecule has 0 aromatic heterocycles. The zero-order valence-corrected chi connectivity index (χ0v) is 11.3. The summed E-state index contributed by atoms with van der Waals surface area (Å²) in [6, 6.07) is 7.76. The van der Waals surface area contributed by atoms with Gasteiger partial charge < -0.3 is 15.7 Å². The van der Waals surface area contributed by atoms with Gasteiger partial charge in [0.15, 0.2) is 0 Å². The fourth-order valence-electron chi connectivity index (χ4n) is 2.40. The third kappa shape index (κ3) is 3.69. The van der Waals surface area contributed by atoms with E-state index in [9.17, 15) is 5.11 Å².